The first-order valence-electron chi connectivity index (χ1n) is 8.78. The number of anilines is 1. The summed E-state index contributed by atoms with van der Waals surface area (Å²) in [5.41, 5.74) is 0.987. The van der Waals surface area contributed by atoms with E-state index in [-0.39, 0.29) is 12.0 Å². The molecule has 4 rings (SSSR count). The van der Waals surface area contributed by atoms with Crippen molar-refractivity contribution in [1.29, 1.82) is 0 Å². The third kappa shape index (κ3) is 3.30. The molecule has 26 heavy (non-hydrogen) atoms. The molecule has 0 spiro atoms. The lowest BCUT2D eigenvalue weighted by Crippen LogP contribution is -2.40. The van der Waals surface area contributed by atoms with Crippen molar-refractivity contribution in [3.8, 4) is 11.4 Å². The summed E-state index contributed by atoms with van der Waals surface area (Å²) >= 11 is 0. The first kappa shape index (κ1) is 16.7. The number of morpholine rings is 1. The van der Waals surface area contributed by atoms with E-state index in [2.05, 4.69) is 20.0 Å². The number of aromatic nitrogens is 4. The summed E-state index contributed by atoms with van der Waals surface area (Å²) in [5, 5.41) is 4.17. The lowest BCUT2D eigenvalue weighted by Gasteiger charge is -2.34. The predicted octanol–water partition coefficient (Wildman–Crippen LogP) is 3.23. The molecule has 0 unspecified atom stereocenters. The van der Waals surface area contributed by atoms with E-state index in [0.29, 0.717) is 37.3 Å². The third-order valence-electron chi connectivity index (χ3n) is 4.34. The molecule has 3 aromatic rings. The van der Waals surface area contributed by atoms with Crippen molar-refractivity contribution < 1.29 is 9.26 Å². The van der Waals surface area contributed by atoms with Crippen LogP contribution in [0.5, 0.6) is 0 Å². The van der Waals surface area contributed by atoms with Crippen molar-refractivity contribution in [1.82, 2.24) is 20.1 Å². The van der Waals surface area contributed by atoms with Crippen LogP contribution in [0.1, 0.15) is 37.5 Å². The molecule has 0 amide bonds. The first-order chi connectivity index (χ1) is 12.7. The van der Waals surface area contributed by atoms with Crippen molar-refractivity contribution in [2.75, 3.05) is 24.7 Å². The fraction of sp³-hybridized carbons (Fsp3) is 0.368. The molecule has 1 fully saturated rings. The number of nitrogens with zero attached hydrogens (tertiary/aromatic N) is 5. The van der Waals surface area contributed by atoms with Crippen molar-refractivity contribution in [3.63, 3.8) is 0 Å². The fourth-order valence-electron chi connectivity index (χ4n) is 2.94. The van der Waals surface area contributed by atoms with Crippen LogP contribution in [0, 0.1) is 0 Å². The number of rotatable bonds is 4. The Labute approximate surface area is 152 Å². The van der Waals surface area contributed by atoms with E-state index in [9.17, 15) is 0 Å². The summed E-state index contributed by atoms with van der Waals surface area (Å²) < 4.78 is 11.0. The maximum absolute atomic E-state index is 5.67. The van der Waals surface area contributed by atoms with Gasteiger partial charge in [-0.2, -0.15) is 4.98 Å². The zero-order chi connectivity index (χ0) is 17.9. The number of ether oxygens (including phenoxy) is 1. The van der Waals surface area contributed by atoms with Gasteiger partial charge in [0.25, 0.3) is 0 Å². The minimum absolute atomic E-state index is 0.126. The molecule has 7 nitrogen and oxygen atoms in total. The minimum Gasteiger partial charge on any atom is -0.377 e. The monoisotopic (exact) mass is 351 g/mol. The maximum Gasteiger partial charge on any atom is 0.229 e. The van der Waals surface area contributed by atoms with Crippen LogP contribution in [-0.4, -0.2) is 39.9 Å². The Morgan fingerprint density at radius 3 is 2.73 bits per heavy atom. The molecule has 0 saturated carbocycles. The highest BCUT2D eigenvalue weighted by atomic mass is 16.5. The molecule has 1 aliphatic rings. The predicted molar refractivity (Wildman–Crippen MR) is 96.8 cm³/mol. The van der Waals surface area contributed by atoms with Crippen LogP contribution in [0.25, 0.3) is 11.4 Å². The van der Waals surface area contributed by atoms with E-state index in [1.54, 1.807) is 6.20 Å². The molecule has 3 heterocycles. The average molecular weight is 351 g/mol. The Balaban J connectivity index is 1.66. The molecule has 1 aromatic carbocycles. The first-order valence-corrected chi connectivity index (χ1v) is 8.78. The Kier molecular flexibility index (Phi) is 4.62. The summed E-state index contributed by atoms with van der Waals surface area (Å²) in [4.78, 5) is 15.9. The Bertz CT molecular complexity index is 865. The smallest absolute Gasteiger partial charge is 0.229 e. The SMILES string of the molecule is CC(C)c1nc([C@@H]2COCCN2c2ccnc(-c3ccccc3)n2)no1. The molecule has 2 aromatic heterocycles. The van der Waals surface area contributed by atoms with Gasteiger partial charge in [-0.05, 0) is 6.07 Å². The minimum atomic E-state index is -0.126. The molecule has 1 aliphatic heterocycles. The quantitative estimate of drug-likeness (QED) is 0.714. The van der Waals surface area contributed by atoms with Crippen LogP contribution >= 0.6 is 0 Å². The number of benzene rings is 1. The van der Waals surface area contributed by atoms with Crippen LogP contribution in [-0.2, 0) is 4.74 Å². The van der Waals surface area contributed by atoms with Gasteiger partial charge in [0, 0.05) is 24.2 Å². The van der Waals surface area contributed by atoms with Gasteiger partial charge in [-0.3, -0.25) is 0 Å². The van der Waals surface area contributed by atoms with E-state index in [0.717, 1.165) is 11.4 Å². The van der Waals surface area contributed by atoms with Gasteiger partial charge >= 0.3 is 0 Å². The fourth-order valence-corrected chi connectivity index (χ4v) is 2.94. The standard InChI is InChI=1S/C19H21N5O2/c1-13(2)19-22-18(23-26-19)15-12-25-11-10-24(15)16-8-9-20-17(21-16)14-6-4-3-5-7-14/h3-9,13,15H,10-12H2,1-2H3/t15-/m0/s1. The van der Waals surface area contributed by atoms with E-state index in [4.69, 9.17) is 14.2 Å². The van der Waals surface area contributed by atoms with Crippen molar-refractivity contribution in [3.05, 3.63) is 54.3 Å². The highest BCUT2D eigenvalue weighted by Crippen LogP contribution is 2.29. The van der Waals surface area contributed by atoms with Gasteiger partial charge in [0.2, 0.25) is 5.89 Å². The zero-order valence-electron chi connectivity index (χ0n) is 14.9. The van der Waals surface area contributed by atoms with Crippen LogP contribution in [0.15, 0.2) is 47.1 Å². The van der Waals surface area contributed by atoms with Gasteiger partial charge < -0.3 is 14.2 Å². The zero-order valence-corrected chi connectivity index (χ0v) is 14.9. The summed E-state index contributed by atoms with van der Waals surface area (Å²) in [6.07, 6.45) is 1.78. The van der Waals surface area contributed by atoms with Crippen LogP contribution in [0.2, 0.25) is 0 Å². The molecule has 0 radical (unpaired) electrons. The average Bonchev–Trinajstić information content (AvgIpc) is 3.19. The number of hydrogen-bond acceptors (Lipinski definition) is 7. The van der Waals surface area contributed by atoms with Crippen LogP contribution in [0.3, 0.4) is 0 Å². The summed E-state index contributed by atoms with van der Waals surface area (Å²) in [6.45, 7) is 5.91. The van der Waals surface area contributed by atoms with Gasteiger partial charge in [0.1, 0.15) is 11.9 Å². The molecule has 134 valence electrons. The Morgan fingerprint density at radius 2 is 1.96 bits per heavy atom. The summed E-state index contributed by atoms with van der Waals surface area (Å²) in [6, 6.07) is 11.7. The van der Waals surface area contributed by atoms with E-state index in [1.165, 1.54) is 0 Å². The van der Waals surface area contributed by atoms with Gasteiger partial charge in [0.05, 0.1) is 13.2 Å². The van der Waals surface area contributed by atoms with Gasteiger partial charge in [-0.25, -0.2) is 9.97 Å². The van der Waals surface area contributed by atoms with Gasteiger partial charge in [-0.15, -0.1) is 0 Å². The molecular weight excluding hydrogens is 330 g/mol. The number of hydrogen-bond donors (Lipinski definition) is 0. The Hall–Kier alpha value is -2.80. The molecule has 0 bridgehead atoms. The van der Waals surface area contributed by atoms with Gasteiger partial charge in [-0.1, -0.05) is 49.3 Å². The van der Waals surface area contributed by atoms with Crippen molar-refractivity contribution in [2.45, 2.75) is 25.8 Å². The highest BCUT2D eigenvalue weighted by Gasteiger charge is 2.30. The lowest BCUT2D eigenvalue weighted by atomic mass is 10.2. The van der Waals surface area contributed by atoms with E-state index >= 15 is 0 Å². The molecule has 1 saturated heterocycles. The Morgan fingerprint density at radius 1 is 1.12 bits per heavy atom. The highest BCUT2D eigenvalue weighted by molar-refractivity contribution is 5.57. The molecule has 7 heteroatoms. The van der Waals surface area contributed by atoms with E-state index < -0.39 is 0 Å². The second kappa shape index (κ2) is 7.21. The topological polar surface area (TPSA) is 77.2 Å². The second-order valence-electron chi connectivity index (χ2n) is 6.53. The van der Waals surface area contributed by atoms with Crippen LogP contribution in [0.4, 0.5) is 5.82 Å². The van der Waals surface area contributed by atoms with E-state index in [1.807, 2.05) is 50.2 Å². The molecular formula is C19H21N5O2. The largest absolute Gasteiger partial charge is 0.377 e. The lowest BCUT2D eigenvalue weighted by molar-refractivity contribution is 0.0905. The normalized spacial score (nSPS) is 17.7. The summed E-state index contributed by atoms with van der Waals surface area (Å²) in [5.74, 6) is 3.00. The second-order valence-corrected chi connectivity index (χ2v) is 6.53. The summed E-state index contributed by atoms with van der Waals surface area (Å²) in [7, 11) is 0. The van der Waals surface area contributed by atoms with Crippen molar-refractivity contribution >= 4 is 5.82 Å². The molecule has 1 atom stereocenters. The van der Waals surface area contributed by atoms with Crippen molar-refractivity contribution in [2.24, 2.45) is 0 Å². The third-order valence-corrected chi connectivity index (χ3v) is 4.34. The van der Waals surface area contributed by atoms with Gasteiger partial charge in [0.15, 0.2) is 11.6 Å². The van der Waals surface area contributed by atoms with Crippen LogP contribution < -0.4 is 4.90 Å². The molecule has 0 N–H and O–H groups in total. The molecule has 0 aliphatic carbocycles. The maximum atomic E-state index is 5.67.